The summed E-state index contributed by atoms with van der Waals surface area (Å²) < 4.78 is 34.0. The number of oxazole rings is 1. The van der Waals surface area contributed by atoms with Crippen LogP contribution in [0.15, 0.2) is 32.3 Å². The number of nitrogens with zero attached hydrogens (tertiary/aromatic N) is 3. The van der Waals surface area contributed by atoms with Crippen LogP contribution in [0.3, 0.4) is 0 Å². The summed E-state index contributed by atoms with van der Waals surface area (Å²) in [6.07, 6.45) is 5.94. The van der Waals surface area contributed by atoms with Gasteiger partial charge in [0.15, 0.2) is 5.58 Å². The molecular formula is C21H30N4O5S. The van der Waals surface area contributed by atoms with E-state index < -0.39 is 15.8 Å². The number of hydrogen-bond acceptors (Lipinski definition) is 6. The fraction of sp³-hybridized carbons (Fsp3) is 0.619. The van der Waals surface area contributed by atoms with Crippen LogP contribution in [-0.4, -0.2) is 67.5 Å². The number of aromatic nitrogens is 1. The Morgan fingerprint density at radius 1 is 1.13 bits per heavy atom. The zero-order valence-corrected chi connectivity index (χ0v) is 18.7. The lowest BCUT2D eigenvalue weighted by molar-refractivity contribution is -0.132. The molecular weight excluding hydrogens is 420 g/mol. The van der Waals surface area contributed by atoms with Gasteiger partial charge in [-0.05, 0) is 50.9 Å². The van der Waals surface area contributed by atoms with Crippen LogP contribution >= 0.6 is 0 Å². The van der Waals surface area contributed by atoms with Crippen molar-refractivity contribution in [2.24, 2.45) is 7.05 Å². The largest absolute Gasteiger partial charge is 0.419 e. The van der Waals surface area contributed by atoms with E-state index in [0.29, 0.717) is 11.6 Å². The molecule has 2 aliphatic rings. The van der Waals surface area contributed by atoms with Gasteiger partial charge in [-0.2, -0.15) is 0 Å². The van der Waals surface area contributed by atoms with Crippen molar-refractivity contribution in [1.29, 1.82) is 0 Å². The van der Waals surface area contributed by atoms with Crippen molar-refractivity contribution in [3.8, 4) is 0 Å². The van der Waals surface area contributed by atoms with Crippen LogP contribution in [0.5, 0.6) is 0 Å². The van der Waals surface area contributed by atoms with Crippen molar-refractivity contribution >= 4 is 27.0 Å². The van der Waals surface area contributed by atoms with Gasteiger partial charge >= 0.3 is 5.76 Å². The van der Waals surface area contributed by atoms with E-state index in [2.05, 4.69) is 9.62 Å². The van der Waals surface area contributed by atoms with Crippen LogP contribution in [0.1, 0.15) is 38.5 Å². The summed E-state index contributed by atoms with van der Waals surface area (Å²) in [5, 5.41) is 0. The minimum absolute atomic E-state index is 0.00384. The molecule has 3 heterocycles. The van der Waals surface area contributed by atoms with Crippen LogP contribution in [0.4, 0.5) is 0 Å². The fourth-order valence-electron chi connectivity index (χ4n) is 4.58. The number of carbonyl (C=O) groups is 1. The van der Waals surface area contributed by atoms with Crippen LogP contribution in [0.25, 0.3) is 11.1 Å². The van der Waals surface area contributed by atoms with Gasteiger partial charge in [-0.25, -0.2) is 17.9 Å². The molecule has 1 N–H and O–H groups in total. The van der Waals surface area contributed by atoms with Crippen molar-refractivity contribution in [3.63, 3.8) is 0 Å². The monoisotopic (exact) mass is 450 g/mol. The Bertz CT molecular complexity index is 1090. The third-order valence-electron chi connectivity index (χ3n) is 6.43. The molecule has 10 heteroatoms. The Kier molecular flexibility index (Phi) is 6.49. The summed E-state index contributed by atoms with van der Waals surface area (Å²) in [5.41, 5.74) is 0.732. The molecule has 0 spiro atoms. The number of piperidine rings is 2. The quantitative estimate of drug-likeness (QED) is 0.711. The molecule has 0 atom stereocenters. The van der Waals surface area contributed by atoms with Crippen molar-refractivity contribution in [1.82, 2.24) is 19.1 Å². The maximum absolute atomic E-state index is 12.6. The number of benzene rings is 1. The highest BCUT2D eigenvalue weighted by Crippen LogP contribution is 2.21. The third kappa shape index (κ3) is 4.86. The Morgan fingerprint density at radius 2 is 1.84 bits per heavy atom. The predicted molar refractivity (Wildman–Crippen MR) is 116 cm³/mol. The van der Waals surface area contributed by atoms with Gasteiger partial charge in [0.25, 0.3) is 0 Å². The van der Waals surface area contributed by atoms with Gasteiger partial charge in [-0.3, -0.25) is 9.36 Å². The number of likely N-dealkylation sites (tertiary alicyclic amines) is 2. The lowest BCUT2D eigenvalue weighted by atomic mass is 10.00. The zero-order chi connectivity index (χ0) is 22.0. The molecule has 9 nitrogen and oxygen atoms in total. The Hall–Kier alpha value is -2.17. The number of hydrogen-bond donors (Lipinski definition) is 1. The minimum Gasteiger partial charge on any atom is -0.408 e. The van der Waals surface area contributed by atoms with Crippen molar-refractivity contribution in [2.45, 2.75) is 49.5 Å². The molecule has 2 aromatic rings. The van der Waals surface area contributed by atoms with E-state index >= 15 is 0 Å². The lowest BCUT2D eigenvalue weighted by Crippen LogP contribution is -2.48. The number of sulfonamides is 1. The average Bonchev–Trinajstić information content (AvgIpc) is 3.07. The van der Waals surface area contributed by atoms with Gasteiger partial charge in [0, 0.05) is 45.2 Å². The molecule has 2 saturated heterocycles. The topological polar surface area (TPSA) is 105 Å². The van der Waals surface area contributed by atoms with Crippen LogP contribution in [-0.2, 0) is 21.9 Å². The summed E-state index contributed by atoms with van der Waals surface area (Å²) in [6.45, 7) is 3.83. The third-order valence-corrected chi connectivity index (χ3v) is 7.89. The van der Waals surface area contributed by atoms with Crippen LogP contribution in [0, 0.1) is 0 Å². The van der Waals surface area contributed by atoms with E-state index in [1.165, 1.54) is 55.1 Å². The van der Waals surface area contributed by atoms with Gasteiger partial charge in [0.05, 0.1) is 10.4 Å². The number of amides is 1. The highest BCUT2D eigenvalue weighted by atomic mass is 32.2. The number of fused-ring (bicyclic) bond motifs is 1. The minimum atomic E-state index is -3.80. The highest BCUT2D eigenvalue weighted by molar-refractivity contribution is 7.89. The van der Waals surface area contributed by atoms with Crippen molar-refractivity contribution in [2.75, 3.05) is 32.7 Å². The first-order valence-electron chi connectivity index (χ1n) is 11.0. The SMILES string of the molecule is Cn1c(=O)oc2cc(S(=O)(=O)NCCC(=O)N3CCC(N4CCCCC4)CC3)ccc21. The summed E-state index contributed by atoms with van der Waals surface area (Å²) in [6, 6.07) is 4.85. The van der Waals surface area contributed by atoms with E-state index in [1.807, 2.05) is 4.90 Å². The lowest BCUT2D eigenvalue weighted by Gasteiger charge is -2.40. The molecule has 0 aliphatic carbocycles. The van der Waals surface area contributed by atoms with Gasteiger partial charge < -0.3 is 14.2 Å². The normalized spacial score (nSPS) is 19.2. The highest BCUT2D eigenvalue weighted by Gasteiger charge is 2.27. The second-order valence-corrected chi connectivity index (χ2v) is 10.2. The molecule has 1 aromatic carbocycles. The molecule has 4 rings (SSSR count). The molecule has 0 radical (unpaired) electrons. The van der Waals surface area contributed by atoms with E-state index in [0.717, 1.165) is 25.9 Å². The summed E-state index contributed by atoms with van der Waals surface area (Å²) in [7, 11) is -2.25. The molecule has 170 valence electrons. The summed E-state index contributed by atoms with van der Waals surface area (Å²) in [4.78, 5) is 28.5. The van der Waals surface area contributed by atoms with E-state index in [9.17, 15) is 18.0 Å². The first kappa shape index (κ1) is 22.0. The van der Waals surface area contributed by atoms with Crippen LogP contribution in [0.2, 0.25) is 0 Å². The second-order valence-electron chi connectivity index (χ2n) is 8.41. The number of carbonyl (C=O) groups excluding carboxylic acids is 1. The van der Waals surface area contributed by atoms with Crippen molar-refractivity contribution in [3.05, 3.63) is 28.7 Å². The Morgan fingerprint density at radius 3 is 2.55 bits per heavy atom. The van der Waals surface area contributed by atoms with Gasteiger partial charge in [-0.1, -0.05) is 6.42 Å². The summed E-state index contributed by atoms with van der Waals surface area (Å²) >= 11 is 0. The Balaban J connectivity index is 1.27. The number of aryl methyl sites for hydroxylation is 1. The van der Waals surface area contributed by atoms with Crippen molar-refractivity contribution < 1.29 is 17.6 Å². The standard InChI is InChI=1S/C21H30N4O5S/c1-23-18-6-5-17(15-19(18)30-21(23)27)31(28,29)22-10-7-20(26)25-13-8-16(9-14-25)24-11-3-2-4-12-24/h5-6,15-16,22H,2-4,7-14H2,1H3. The van der Waals surface area contributed by atoms with Crippen LogP contribution < -0.4 is 10.5 Å². The first-order chi connectivity index (χ1) is 14.8. The van der Waals surface area contributed by atoms with E-state index in [1.54, 1.807) is 7.05 Å². The molecule has 0 bridgehead atoms. The van der Waals surface area contributed by atoms with Gasteiger partial charge in [-0.15, -0.1) is 0 Å². The first-order valence-corrected chi connectivity index (χ1v) is 12.4. The van der Waals surface area contributed by atoms with E-state index in [-0.39, 0.29) is 29.4 Å². The number of rotatable bonds is 6. The van der Waals surface area contributed by atoms with Gasteiger partial charge in [0.1, 0.15) is 0 Å². The summed E-state index contributed by atoms with van der Waals surface area (Å²) in [5.74, 6) is -0.573. The smallest absolute Gasteiger partial charge is 0.408 e. The number of nitrogens with one attached hydrogen (secondary N) is 1. The van der Waals surface area contributed by atoms with Gasteiger partial charge in [0.2, 0.25) is 15.9 Å². The average molecular weight is 451 g/mol. The predicted octanol–water partition coefficient (Wildman–Crippen LogP) is 1.28. The fourth-order valence-corrected chi connectivity index (χ4v) is 5.63. The molecule has 1 aromatic heterocycles. The Labute approximate surface area is 182 Å². The maximum Gasteiger partial charge on any atom is 0.419 e. The molecule has 2 aliphatic heterocycles. The van der Waals surface area contributed by atoms with E-state index in [4.69, 9.17) is 4.42 Å². The second kappa shape index (κ2) is 9.13. The molecule has 0 unspecified atom stereocenters. The molecule has 1 amide bonds. The zero-order valence-electron chi connectivity index (χ0n) is 17.9. The molecule has 2 fully saturated rings. The molecule has 0 saturated carbocycles. The molecule has 31 heavy (non-hydrogen) atoms. The maximum atomic E-state index is 12.6.